The summed E-state index contributed by atoms with van der Waals surface area (Å²) >= 11 is 7.94. The monoisotopic (exact) mass is 367 g/mol. The van der Waals surface area contributed by atoms with Crippen LogP contribution in [0.4, 0.5) is 5.69 Å². The normalized spacial score (nSPS) is 15.4. The van der Waals surface area contributed by atoms with Crippen LogP contribution in [0.25, 0.3) is 10.9 Å². The Balaban J connectivity index is 1.87. The van der Waals surface area contributed by atoms with E-state index in [1.165, 1.54) is 7.11 Å². The van der Waals surface area contributed by atoms with Crippen molar-refractivity contribution in [3.8, 4) is 0 Å². The summed E-state index contributed by atoms with van der Waals surface area (Å²) in [5.74, 6) is 1.37. The lowest BCUT2D eigenvalue weighted by molar-refractivity contribution is -0.117. The third-order valence-corrected chi connectivity index (χ3v) is 5.06. The Morgan fingerprint density at radius 2 is 2.12 bits per heavy atom. The van der Waals surface area contributed by atoms with Gasteiger partial charge in [0.25, 0.3) is 0 Å². The van der Waals surface area contributed by atoms with Crippen LogP contribution in [0.15, 0.2) is 18.2 Å². The fourth-order valence-electron chi connectivity index (χ4n) is 2.69. The standard InChI is InChI=1S/C16H18ClN3O3S/c1-23-16(22)15-14(11-8-10(17)2-3-12(11)18-15)19-13(21)9-20-4-6-24-7-5-20/h2-3,8,18H,4-7,9H2,1H3,(H,19,21). The summed E-state index contributed by atoms with van der Waals surface area (Å²) in [5.41, 5.74) is 1.34. The van der Waals surface area contributed by atoms with Crippen molar-refractivity contribution in [1.29, 1.82) is 0 Å². The van der Waals surface area contributed by atoms with E-state index in [1.54, 1.807) is 18.2 Å². The number of esters is 1. The Bertz CT molecular complexity index is 771. The Hall–Kier alpha value is -1.70. The fourth-order valence-corrected chi connectivity index (χ4v) is 3.84. The molecule has 128 valence electrons. The topological polar surface area (TPSA) is 74.4 Å². The van der Waals surface area contributed by atoms with E-state index in [0.29, 0.717) is 28.2 Å². The number of anilines is 1. The number of rotatable bonds is 4. The van der Waals surface area contributed by atoms with E-state index >= 15 is 0 Å². The van der Waals surface area contributed by atoms with Gasteiger partial charge in [-0.2, -0.15) is 11.8 Å². The molecule has 24 heavy (non-hydrogen) atoms. The lowest BCUT2D eigenvalue weighted by Crippen LogP contribution is -2.38. The Morgan fingerprint density at radius 3 is 2.83 bits per heavy atom. The zero-order valence-electron chi connectivity index (χ0n) is 13.2. The molecule has 0 atom stereocenters. The van der Waals surface area contributed by atoms with Gasteiger partial charge in [-0.3, -0.25) is 9.69 Å². The van der Waals surface area contributed by atoms with Crippen LogP contribution in [0.1, 0.15) is 10.5 Å². The number of hydrogen-bond donors (Lipinski definition) is 2. The first kappa shape index (κ1) is 17.1. The number of hydrogen-bond acceptors (Lipinski definition) is 5. The number of carbonyl (C=O) groups is 2. The molecule has 0 unspecified atom stereocenters. The van der Waals surface area contributed by atoms with Crippen molar-refractivity contribution in [2.45, 2.75) is 0 Å². The summed E-state index contributed by atoms with van der Waals surface area (Å²) in [6.07, 6.45) is 0. The summed E-state index contributed by atoms with van der Waals surface area (Å²) in [6, 6.07) is 5.20. The third kappa shape index (κ3) is 3.68. The number of benzene rings is 1. The molecule has 0 aliphatic carbocycles. The number of ether oxygens (including phenoxy) is 1. The lowest BCUT2D eigenvalue weighted by Gasteiger charge is -2.25. The van der Waals surface area contributed by atoms with Crippen molar-refractivity contribution < 1.29 is 14.3 Å². The molecule has 2 heterocycles. The van der Waals surface area contributed by atoms with Crippen LogP contribution in [-0.4, -0.2) is 60.0 Å². The molecule has 1 fully saturated rings. The lowest BCUT2D eigenvalue weighted by atomic mass is 10.2. The van der Waals surface area contributed by atoms with Crippen molar-refractivity contribution in [3.63, 3.8) is 0 Å². The predicted molar refractivity (Wildman–Crippen MR) is 97.0 cm³/mol. The largest absolute Gasteiger partial charge is 0.464 e. The Morgan fingerprint density at radius 1 is 1.38 bits per heavy atom. The number of amides is 1. The molecule has 2 N–H and O–H groups in total. The molecule has 8 heteroatoms. The summed E-state index contributed by atoms with van der Waals surface area (Å²) in [4.78, 5) is 29.5. The van der Waals surface area contributed by atoms with E-state index in [0.717, 1.165) is 24.6 Å². The second kappa shape index (κ2) is 7.46. The second-order valence-corrected chi connectivity index (χ2v) is 7.15. The Kier molecular flexibility index (Phi) is 5.33. The molecule has 2 aromatic rings. The van der Waals surface area contributed by atoms with Crippen molar-refractivity contribution in [2.24, 2.45) is 0 Å². The van der Waals surface area contributed by atoms with Crippen LogP contribution < -0.4 is 5.32 Å². The maximum absolute atomic E-state index is 12.4. The third-order valence-electron chi connectivity index (χ3n) is 3.89. The van der Waals surface area contributed by atoms with Crippen molar-refractivity contribution in [2.75, 3.05) is 43.6 Å². The second-order valence-electron chi connectivity index (χ2n) is 5.49. The molecule has 0 spiro atoms. The average molecular weight is 368 g/mol. The van der Waals surface area contributed by atoms with E-state index in [9.17, 15) is 9.59 Å². The van der Waals surface area contributed by atoms with Crippen LogP contribution in [0, 0.1) is 0 Å². The highest BCUT2D eigenvalue weighted by atomic mass is 35.5. The van der Waals surface area contributed by atoms with E-state index in [4.69, 9.17) is 16.3 Å². The first-order chi connectivity index (χ1) is 11.6. The molecule has 0 bridgehead atoms. The zero-order chi connectivity index (χ0) is 17.1. The fraction of sp³-hybridized carbons (Fsp3) is 0.375. The molecule has 1 aromatic carbocycles. The molecule has 1 aromatic heterocycles. The highest BCUT2D eigenvalue weighted by molar-refractivity contribution is 7.99. The maximum Gasteiger partial charge on any atom is 0.356 e. The number of thioether (sulfide) groups is 1. The van der Waals surface area contributed by atoms with Gasteiger partial charge in [0.1, 0.15) is 5.69 Å². The average Bonchev–Trinajstić information content (AvgIpc) is 2.93. The Labute approximate surface area is 148 Å². The van der Waals surface area contributed by atoms with Crippen LogP contribution in [0.5, 0.6) is 0 Å². The highest BCUT2D eigenvalue weighted by Crippen LogP contribution is 2.30. The van der Waals surface area contributed by atoms with Gasteiger partial charge in [-0.05, 0) is 18.2 Å². The molecule has 0 radical (unpaired) electrons. The molecule has 1 aliphatic rings. The van der Waals surface area contributed by atoms with Gasteiger partial charge in [0.2, 0.25) is 5.91 Å². The van der Waals surface area contributed by atoms with E-state index in [-0.39, 0.29) is 11.6 Å². The summed E-state index contributed by atoms with van der Waals surface area (Å²) in [5, 5.41) is 4.06. The maximum atomic E-state index is 12.4. The number of nitrogens with one attached hydrogen (secondary N) is 2. The quantitative estimate of drug-likeness (QED) is 0.812. The minimum absolute atomic E-state index is 0.159. The summed E-state index contributed by atoms with van der Waals surface area (Å²) in [7, 11) is 1.30. The molecular weight excluding hydrogens is 350 g/mol. The van der Waals surface area contributed by atoms with Gasteiger partial charge in [-0.25, -0.2) is 4.79 Å². The van der Waals surface area contributed by atoms with Gasteiger partial charge in [-0.1, -0.05) is 11.6 Å². The number of nitrogens with zero attached hydrogens (tertiary/aromatic N) is 1. The van der Waals surface area contributed by atoms with Gasteiger partial charge in [0.15, 0.2) is 0 Å². The molecule has 1 aliphatic heterocycles. The minimum Gasteiger partial charge on any atom is -0.464 e. The molecule has 0 saturated carbocycles. The smallest absolute Gasteiger partial charge is 0.356 e. The number of fused-ring (bicyclic) bond motifs is 1. The van der Waals surface area contributed by atoms with E-state index in [1.807, 2.05) is 11.8 Å². The zero-order valence-corrected chi connectivity index (χ0v) is 14.8. The van der Waals surface area contributed by atoms with Crippen LogP contribution >= 0.6 is 23.4 Å². The van der Waals surface area contributed by atoms with Gasteiger partial charge < -0.3 is 15.0 Å². The number of halogens is 1. The molecule has 6 nitrogen and oxygen atoms in total. The van der Waals surface area contributed by atoms with Gasteiger partial charge in [-0.15, -0.1) is 0 Å². The van der Waals surface area contributed by atoms with Crippen molar-refractivity contribution in [3.05, 3.63) is 28.9 Å². The number of carbonyl (C=O) groups excluding carboxylic acids is 2. The molecular formula is C16H18ClN3O3S. The molecule has 3 rings (SSSR count). The van der Waals surface area contributed by atoms with Gasteiger partial charge in [0.05, 0.1) is 19.3 Å². The number of aromatic nitrogens is 1. The van der Waals surface area contributed by atoms with Crippen molar-refractivity contribution in [1.82, 2.24) is 9.88 Å². The number of methoxy groups -OCH3 is 1. The van der Waals surface area contributed by atoms with E-state index in [2.05, 4.69) is 15.2 Å². The van der Waals surface area contributed by atoms with Crippen LogP contribution in [0.3, 0.4) is 0 Å². The minimum atomic E-state index is -0.535. The SMILES string of the molecule is COC(=O)c1[nH]c2ccc(Cl)cc2c1NC(=O)CN1CCSCC1. The molecule has 1 saturated heterocycles. The van der Waals surface area contributed by atoms with Gasteiger partial charge in [0, 0.05) is 40.5 Å². The number of aromatic amines is 1. The summed E-state index contributed by atoms with van der Waals surface area (Å²) in [6.45, 7) is 2.08. The van der Waals surface area contributed by atoms with Crippen LogP contribution in [0.2, 0.25) is 5.02 Å². The summed E-state index contributed by atoms with van der Waals surface area (Å²) < 4.78 is 4.80. The number of H-pyrrole nitrogens is 1. The van der Waals surface area contributed by atoms with Crippen LogP contribution in [-0.2, 0) is 9.53 Å². The highest BCUT2D eigenvalue weighted by Gasteiger charge is 2.22. The first-order valence-corrected chi connectivity index (χ1v) is 9.11. The van der Waals surface area contributed by atoms with Crippen molar-refractivity contribution >= 4 is 51.8 Å². The van der Waals surface area contributed by atoms with E-state index < -0.39 is 5.97 Å². The predicted octanol–water partition coefficient (Wildman–Crippen LogP) is 2.60. The molecule has 1 amide bonds. The first-order valence-electron chi connectivity index (χ1n) is 7.58. The van der Waals surface area contributed by atoms with Gasteiger partial charge >= 0.3 is 5.97 Å².